The molecule has 0 aliphatic carbocycles. The van der Waals surface area contributed by atoms with Crippen molar-refractivity contribution in [1.82, 2.24) is 9.97 Å². The van der Waals surface area contributed by atoms with E-state index in [1.807, 2.05) is 25.1 Å². The lowest BCUT2D eigenvalue weighted by Gasteiger charge is -1.96. The second-order valence-electron chi connectivity index (χ2n) is 3.18. The smallest absolute Gasteiger partial charge is 0.172 e. The molecular weight excluding hydrogens is 208 g/mol. The molecule has 0 aliphatic rings. The largest absolute Gasteiger partial charge is 0.294 e. The topological polar surface area (TPSA) is 42.9 Å². The Bertz CT molecular complexity index is 491. The molecule has 0 spiro atoms. The van der Waals surface area contributed by atoms with E-state index in [1.54, 1.807) is 13.1 Å². The third-order valence-electron chi connectivity index (χ3n) is 1.96. The van der Waals surface area contributed by atoms with Gasteiger partial charge in [-0.1, -0.05) is 6.07 Å². The molecule has 0 fully saturated rings. The van der Waals surface area contributed by atoms with Crippen molar-refractivity contribution in [1.29, 1.82) is 0 Å². The molecule has 4 heteroatoms. The number of hydrogen-bond donors (Lipinski definition) is 0. The summed E-state index contributed by atoms with van der Waals surface area (Å²) in [6.45, 7) is 3.45. The third-order valence-corrected chi connectivity index (χ3v) is 3.03. The first-order chi connectivity index (χ1) is 7.18. The molecule has 3 nitrogen and oxygen atoms in total. The number of ketones is 1. The number of pyridine rings is 1. The number of Topliss-reactive ketones (excluding diaryl/α,β-unsaturated/α-hetero) is 1. The Hall–Kier alpha value is -1.55. The van der Waals surface area contributed by atoms with E-state index in [2.05, 4.69) is 9.97 Å². The summed E-state index contributed by atoms with van der Waals surface area (Å²) in [5.41, 5.74) is 1.46. The number of hydrogen-bond acceptors (Lipinski definition) is 4. The van der Waals surface area contributed by atoms with Crippen molar-refractivity contribution in [2.24, 2.45) is 0 Å². The van der Waals surface area contributed by atoms with E-state index in [-0.39, 0.29) is 5.78 Å². The van der Waals surface area contributed by atoms with Crippen molar-refractivity contribution >= 4 is 17.1 Å². The van der Waals surface area contributed by atoms with Gasteiger partial charge in [0.15, 0.2) is 5.78 Å². The summed E-state index contributed by atoms with van der Waals surface area (Å²) in [4.78, 5) is 20.6. The van der Waals surface area contributed by atoms with E-state index in [9.17, 15) is 4.79 Å². The molecule has 0 amide bonds. The van der Waals surface area contributed by atoms with Crippen LogP contribution in [0.5, 0.6) is 0 Å². The minimum Gasteiger partial charge on any atom is -0.294 e. The maximum absolute atomic E-state index is 11.4. The SMILES string of the molecule is CC(=O)c1sc(C)nc1-c1ccccn1. The van der Waals surface area contributed by atoms with E-state index >= 15 is 0 Å². The Labute approximate surface area is 91.8 Å². The van der Waals surface area contributed by atoms with E-state index in [0.717, 1.165) is 10.7 Å². The normalized spacial score (nSPS) is 10.3. The van der Waals surface area contributed by atoms with Gasteiger partial charge in [-0.15, -0.1) is 11.3 Å². The van der Waals surface area contributed by atoms with Crippen molar-refractivity contribution in [2.45, 2.75) is 13.8 Å². The summed E-state index contributed by atoms with van der Waals surface area (Å²) in [6.07, 6.45) is 1.70. The van der Waals surface area contributed by atoms with Gasteiger partial charge in [-0.05, 0) is 19.1 Å². The van der Waals surface area contributed by atoms with Crippen molar-refractivity contribution < 1.29 is 4.79 Å². The summed E-state index contributed by atoms with van der Waals surface area (Å²) in [7, 11) is 0. The molecule has 15 heavy (non-hydrogen) atoms. The van der Waals surface area contributed by atoms with Crippen LogP contribution in [0.1, 0.15) is 21.6 Å². The van der Waals surface area contributed by atoms with Crippen LogP contribution < -0.4 is 0 Å². The van der Waals surface area contributed by atoms with Gasteiger partial charge in [0.25, 0.3) is 0 Å². The number of nitrogens with zero attached hydrogens (tertiary/aromatic N) is 2. The van der Waals surface area contributed by atoms with Crippen molar-refractivity contribution in [3.05, 3.63) is 34.3 Å². The van der Waals surface area contributed by atoms with Crippen LogP contribution in [-0.4, -0.2) is 15.8 Å². The van der Waals surface area contributed by atoms with E-state index < -0.39 is 0 Å². The fourth-order valence-electron chi connectivity index (χ4n) is 1.34. The molecular formula is C11H10N2OS. The highest BCUT2D eigenvalue weighted by atomic mass is 32.1. The number of aromatic nitrogens is 2. The fraction of sp³-hybridized carbons (Fsp3) is 0.182. The molecule has 0 unspecified atom stereocenters. The Morgan fingerprint density at radius 1 is 1.40 bits per heavy atom. The molecule has 2 rings (SSSR count). The minimum absolute atomic E-state index is 0.0428. The summed E-state index contributed by atoms with van der Waals surface area (Å²) in [5, 5.41) is 0.890. The summed E-state index contributed by atoms with van der Waals surface area (Å²) >= 11 is 1.42. The third kappa shape index (κ3) is 1.94. The average molecular weight is 218 g/mol. The van der Waals surface area contributed by atoms with Crippen molar-refractivity contribution in [2.75, 3.05) is 0 Å². The highest BCUT2D eigenvalue weighted by Crippen LogP contribution is 2.26. The van der Waals surface area contributed by atoms with Crippen LogP contribution in [0, 0.1) is 6.92 Å². The number of thiazole rings is 1. The second kappa shape index (κ2) is 3.90. The molecule has 0 atom stereocenters. The first-order valence-electron chi connectivity index (χ1n) is 4.58. The predicted molar refractivity (Wildman–Crippen MR) is 60.1 cm³/mol. The molecule has 0 N–H and O–H groups in total. The van der Waals surface area contributed by atoms with Crippen LogP contribution in [0.3, 0.4) is 0 Å². The molecule has 0 saturated carbocycles. The van der Waals surface area contributed by atoms with Crippen LogP contribution >= 0.6 is 11.3 Å². The predicted octanol–water partition coefficient (Wildman–Crippen LogP) is 2.72. The number of rotatable bonds is 2. The first kappa shape index (κ1) is 9.98. The van der Waals surface area contributed by atoms with Gasteiger partial charge in [-0.2, -0.15) is 0 Å². The zero-order chi connectivity index (χ0) is 10.8. The zero-order valence-electron chi connectivity index (χ0n) is 8.52. The Balaban J connectivity index is 2.58. The fourth-order valence-corrected chi connectivity index (χ4v) is 2.17. The lowest BCUT2D eigenvalue weighted by atomic mass is 10.2. The van der Waals surface area contributed by atoms with Crippen LogP contribution in [0.2, 0.25) is 0 Å². The lowest BCUT2D eigenvalue weighted by molar-refractivity contribution is 0.102. The number of aryl methyl sites for hydroxylation is 1. The molecule has 0 aliphatic heterocycles. The van der Waals surface area contributed by atoms with E-state index in [0.29, 0.717) is 10.6 Å². The van der Waals surface area contributed by atoms with Gasteiger partial charge in [-0.3, -0.25) is 9.78 Å². The van der Waals surface area contributed by atoms with E-state index in [1.165, 1.54) is 11.3 Å². The van der Waals surface area contributed by atoms with Gasteiger partial charge in [-0.25, -0.2) is 4.98 Å². The van der Waals surface area contributed by atoms with Crippen LogP contribution in [0.4, 0.5) is 0 Å². The highest BCUT2D eigenvalue weighted by molar-refractivity contribution is 7.14. The maximum atomic E-state index is 11.4. The molecule has 76 valence electrons. The Morgan fingerprint density at radius 2 is 2.20 bits per heavy atom. The average Bonchev–Trinajstić information content (AvgIpc) is 2.62. The first-order valence-corrected chi connectivity index (χ1v) is 5.40. The Kier molecular flexibility index (Phi) is 2.60. The summed E-state index contributed by atoms with van der Waals surface area (Å²) in [6, 6.07) is 5.60. The van der Waals surface area contributed by atoms with Gasteiger partial charge in [0.05, 0.1) is 15.6 Å². The van der Waals surface area contributed by atoms with Gasteiger partial charge in [0, 0.05) is 13.1 Å². The standard InChI is InChI=1S/C11H10N2OS/c1-7(14)11-10(13-8(2)15-11)9-5-3-4-6-12-9/h3-6H,1-2H3. The summed E-state index contributed by atoms with van der Waals surface area (Å²) < 4.78 is 0. The maximum Gasteiger partial charge on any atom is 0.172 e. The van der Waals surface area contributed by atoms with Crippen LogP contribution in [0.15, 0.2) is 24.4 Å². The minimum atomic E-state index is 0.0428. The van der Waals surface area contributed by atoms with Gasteiger partial charge < -0.3 is 0 Å². The lowest BCUT2D eigenvalue weighted by Crippen LogP contribution is -1.92. The van der Waals surface area contributed by atoms with Crippen LogP contribution in [-0.2, 0) is 0 Å². The molecule has 0 aromatic carbocycles. The molecule has 0 saturated heterocycles. The van der Waals surface area contributed by atoms with Gasteiger partial charge >= 0.3 is 0 Å². The van der Waals surface area contributed by atoms with Crippen LogP contribution in [0.25, 0.3) is 11.4 Å². The second-order valence-corrected chi connectivity index (χ2v) is 4.38. The molecule has 2 aromatic rings. The molecule has 0 radical (unpaired) electrons. The Morgan fingerprint density at radius 3 is 2.80 bits per heavy atom. The van der Waals surface area contributed by atoms with Gasteiger partial charge in [0.2, 0.25) is 0 Å². The number of carbonyl (C=O) groups excluding carboxylic acids is 1. The van der Waals surface area contributed by atoms with Crippen molar-refractivity contribution in [3.8, 4) is 11.4 Å². The molecule has 2 aromatic heterocycles. The molecule has 0 bridgehead atoms. The summed E-state index contributed by atoms with van der Waals surface area (Å²) in [5.74, 6) is 0.0428. The monoisotopic (exact) mass is 218 g/mol. The number of carbonyl (C=O) groups is 1. The zero-order valence-corrected chi connectivity index (χ0v) is 9.34. The highest BCUT2D eigenvalue weighted by Gasteiger charge is 2.15. The quantitative estimate of drug-likeness (QED) is 0.728. The molecule has 2 heterocycles. The van der Waals surface area contributed by atoms with Crippen molar-refractivity contribution in [3.63, 3.8) is 0 Å². The van der Waals surface area contributed by atoms with E-state index in [4.69, 9.17) is 0 Å². The van der Waals surface area contributed by atoms with Gasteiger partial charge in [0.1, 0.15) is 5.69 Å².